The van der Waals surface area contributed by atoms with Gasteiger partial charge in [0.15, 0.2) is 4.80 Å². The van der Waals surface area contributed by atoms with Gasteiger partial charge in [-0.3, -0.25) is 4.79 Å². The lowest BCUT2D eigenvalue weighted by atomic mass is 10.0. The summed E-state index contributed by atoms with van der Waals surface area (Å²) in [5.74, 6) is 2.56. The van der Waals surface area contributed by atoms with Gasteiger partial charge in [0.05, 0.1) is 31.7 Å². The molecule has 0 atom stereocenters. The molecule has 1 fully saturated rings. The minimum absolute atomic E-state index is 0.164. The molecule has 4 rings (SSSR count). The molecular formula is C23H21Cl2N3O3S2. The molecule has 3 aromatic rings. The molecule has 0 saturated carbocycles. The first kappa shape index (κ1) is 24.0. The van der Waals surface area contributed by atoms with Crippen molar-refractivity contribution < 1.29 is 13.2 Å². The first-order chi connectivity index (χ1) is 15.7. The fourth-order valence-electron chi connectivity index (χ4n) is 3.72. The molecule has 6 nitrogen and oxygen atoms in total. The fourth-order valence-corrected chi connectivity index (χ4v) is 6.70. The Morgan fingerprint density at radius 1 is 1.18 bits per heavy atom. The third kappa shape index (κ3) is 4.75. The highest BCUT2D eigenvalue weighted by molar-refractivity contribution is 7.89. The zero-order chi connectivity index (χ0) is 23.8. The number of rotatable bonds is 4. The van der Waals surface area contributed by atoms with Gasteiger partial charge in [-0.1, -0.05) is 47.4 Å². The van der Waals surface area contributed by atoms with E-state index in [1.54, 1.807) is 16.7 Å². The summed E-state index contributed by atoms with van der Waals surface area (Å²) in [6.45, 7) is 3.30. The summed E-state index contributed by atoms with van der Waals surface area (Å²) in [6, 6.07) is 9.34. The third-order valence-electron chi connectivity index (χ3n) is 5.66. The molecule has 2 aromatic carbocycles. The smallest absolute Gasteiger partial charge is 0.279 e. The molecule has 1 amide bonds. The number of hydrogen-bond donors (Lipinski definition) is 0. The van der Waals surface area contributed by atoms with E-state index in [9.17, 15) is 13.2 Å². The van der Waals surface area contributed by atoms with Crippen LogP contribution in [0.25, 0.3) is 10.2 Å². The van der Waals surface area contributed by atoms with Crippen LogP contribution in [0.2, 0.25) is 10.0 Å². The maximum Gasteiger partial charge on any atom is 0.279 e. The summed E-state index contributed by atoms with van der Waals surface area (Å²) >= 11 is 13.8. The standard InChI is InChI=1S/C23H21Cl2N3O3S2/c1-3-12-28-21-19(9-8-18(24)20(21)25)32-23(28)26-22(29)16-4-6-17(7-5-16)33(30,31)27-13-10-15(2)11-14-27/h1,4-9,15H,10-14H2,2H3. The summed E-state index contributed by atoms with van der Waals surface area (Å²) in [7, 11) is -3.59. The monoisotopic (exact) mass is 521 g/mol. The van der Waals surface area contributed by atoms with Crippen LogP contribution in [-0.4, -0.2) is 36.3 Å². The number of carbonyl (C=O) groups excluding carboxylic acids is 1. The van der Waals surface area contributed by atoms with Crippen molar-refractivity contribution in [1.29, 1.82) is 0 Å². The number of fused-ring (bicyclic) bond motifs is 1. The van der Waals surface area contributed by atoms with Crippen molar-refractivity contribution in [2.45, 2.75) is 31.2 Å². The van der Waals surface area contributed by atoms with Gasteiger partial charge < -0.3 is 4.57 Å². The summed E-state index contributed by atoms with van der Waals surface area (Å²) in [5.41, 5.74) is 0.894. The van der Waals surface area contributed by atoms with Crippen LogP contribution in [0.3, 0.4) is 0 Å². The molecule has 0 aliphatic carbocycles. The molecule has 0 N–H and O–H groups in total. The summed E-state index contributed by atoms with van der Waals surface area (Å²) in [5, 5.41) is 0.724. The van der Waals surface area contributed by atoms with Crippen LogP contribution in [0.1, 0.15) is 30.1 Å². The predicted molar refractivity (Wildman–Crippen MR) is 132 cm³/mol. The molecule has 172 valence electrons. The van der Waals surface area contributed by atoms with E-state index in [0.29, 0.717) is 39.4 Å². The lowest BCUT2D eigenvalue weighted by Crippen LogP contribution is -2.37. The van der Waals surface area contributed by atoms with Crippen LogP contribution in [0, 0.1) is 18.3 Å². The van der Waals surface area contributed by atoms with Crippen LogP contribution in [0.15, 0.2) is 46.3 Å². The van der Waals surface area contributed by atoms with Crippen LogP contribution >= 0.6 is 34.5 Å². The van der Waals surface area contributed by atoms with Gasteiger partial charge in [-0.2, -0.15) is 9.30 Å². The van der Waals surface area contributed by atoms with E-state index in [1.165, 1.54) is 39.9 Å². The highest BCUT2D eigenvalue weighted by Gasteiger charge is 2.28. The van der Waals surface area contributed by atoms with E-state index >= 15 is 0 Å². The largest absolute Gasteiger partial charge is 0.303 e. The number of thiazole rings is 1. The van der Waals surface area contributed by atoms with E-state index in [2.05, 4.69) is 17.8 Å². The van der Waals surface area contributed by atoms with Crippen LogP contribution in [0.5, 0.6) is 0 Å². The molecule has 1 aliphatic rings. The Hall–Kier alpha value is -2.15. The van der Waals surface area contributed by atoms with Crippen molar-refractivity contribution in [1.82, 2.24) is 8.87 Å². The van der Waals surface area contributed by atoms with E-state index in [4.69, 9.17) is 29.6 Å². The second-order valence-corrected chi connectivity index (χ2v) is 11.6. The number of carbonyl (C=O) groups is 1. The third-order valence-corrected chi connectivity index (χ3v) is 9.41. The Labute approximate surface area is 206 Å². The Morgan fingerprint density at radius 2 is 1.85 bits per heavy atom. The maximum absolute atomic E-state index is 12.9. The molecule has 2 heterocycles. The number of hydrogen-bond acceptors (Lipinski definition) is 4. The van der Waals surface area contributed by atoms with Gasteiger partial charge in [0.25, 0.3) is 5.91 Å². The molecule has 0 radical (unpaired) electrons. The van der Waals surface area contributed by atoms with Crippen molar-refractivity contribution in [2.24, 2.45) is 10.9 Å². The predicted octanol–water partition coefficient (Wildman–Crippen LogP) is 4.80. The lowest BCUT2D eigenvalue weighted by Gasteiger charge is -2.29. The normalized spacial score (nSPS) is 16.2. The van der Waals surface area contributed by atoms with Gasteiger partial charge in [0.2, 0.25) is 10.0 Å². The van der Waals surface area contributed by atoms with Crippen molar-refractivity contribution in [2.75, 3.05) is 13.1 Å². The number of nitrogens with zero attached hydrogens (tertiary/aromatic N) is 3. The second-order valence-electron chi connectivity index (χ2n) is 7.91. The number of benzene rings is 2. The van der Waals surface area contributed by atoms with Crippen molar-refractivity contribution in [3.8, 4) is 12.3 Å². The SMILES string of the molecule is C#CCn1c(=NC(=O)c2ccc(S(=O)(=O)N3CCC(C)CC3)cc2)sc2ccc(Cl)c(Cl)c21. The van der Waals surface area contributed by atoms with Gasteiger partial charge in [-0.25, -0.2) is 8.42 Å². The second kappa shape index (κ2) is 9.61. The zero-order valence-corrected chi connectivity index (χ0v) is 20.9. The van der Waals surface area contributed by atoms with Crippen molar-refractivity contribution in [3.63, 3.8) is 0 Å². The number of piperidine rings is 1. The summed E-state index contributed by atoms with van der Waals surface area (Å²) in [6.07, 6.45) is 7.19. The zero-order valence-electron chi connectivity index (χ0n) is 17.8. The van der Waals surface area contributed by atoms with Gasteiger partial charge in [-0.15, -0.1) is 6.42 Å². The van der Waals surface area contributed by atoms with Crippen molar-refractivity contribution in [3.05, 3.63) is 56.8 Å². The van der Waals surface area contributed by atoms with Crippen molar-refractivity contribution >= 4 is 60.7 Å². The highest BCUT2D eigenvalue weighted by atomic mass is 35.5. The van der Waals surface area contributed by atoms with Gasteiger partial charge in [0.1, 0.15) is 0 Å². The topological polar surface area (TPSA) is 71.7 Å². The van der Waals surface area contributed by atoms with E-state index in [-0.39, 0.29) is 17.0 Å². The maximum atomic E-state index is 12.9. The van der Waals surface area contributed by atoms with Gasteiger partial charge in [-0.05, 0) is 55.2 Å². The number of aromatic nitrogens is 1. The van der Waals surface area contributed by atoms with E-state index in [0.717, 1.165) is 17.5 Å². The Kier molecular flexibility index (Phi) is 6.99. The first-order valence-electron chi connectivity index (χ1n) is 10.3. The molecule has 10 heteroatoms. The molecule has 0 unspecified atom stereocenters. The number of amides is 1. The Balaban J connectivity index is 1.66. The minimum Gasteiger partial charge on any atom is -0.303 e. The summed E-state index contributed by atoms with van der Waals surface area (Å²) < 4.78 is 29.8. The quantitative estimate of drug-likeness (QED) is 0.462. The van der Waals surface area contributed by atoms with E-state index < -0.39 is 15.9 Å². The first-order valence-corrected chi connectivity index (χ1v) is 13.3. The molecule has 1 aliphatic heterocycles. The Bertz CT molecular complexity index is 1430. The molecule has 1 saturated heterocycles. The van der Waals surface area contributed by atoms with E-state index in [1.807, 2.05) is 0 Å². The summed E-state index contributed by atoms with van der Waals surface area (Å²) in [4.78, 5) is 17.6. The molecule has 1 aromatic heterocycles. The highest BCUT2D eigenvalue weighted by Crippen LogP contribution is 2.32. The molecule has 0 bridgehead atoms. The number of halogens is 2. The van der Waals surface area contributed by atoms with Gasteiger partial charge >= 0.3 is 0 Å². The molecule has 33 heavy (non-hydrogen) atoms. The number of sulfonamides is 1. The minimum atomic E-state index is -3.59. The molecular weight excluding hydrogens is 501 g/mol. The molecule has 0 spiro atoms. The number of terminal acetylenes is 1. The lowest BCUT2D eigenvalue weighted by molar-refractivity contribution is 0.0998. The fraction of sp³-hybridized carbons (Fsp3) is 0.304. The Morgan fingerprint density at radius 3 is 2.48 bits per heavy atom. The average Bonchev–Trinajstić information content (AvgIpc) is 3.14. The van der Waals surface area contributed by atoms with Crippen LogP contribution in [-0.2, 0) is 16.6 Å². The van der Waals surface area contributed by atoms with Crippen LogP contribution in [0.4, 0.5) is 0 Å². The average molecular weight is 522 g/mol. The van der Waals surface area contributed by atoms with Crippen LogP contribution < -0.4 is 4.80 Å². The van der Waals surface area contributed by atoms with Gasteiger partial charge in [0, 0.05) is 18.7 Å².